The van der Waals surface area contributed by atoms with Crippen LogP contribution in [0.5, 0.6) is 5.75 Å². The van der Waals surface area contributed by atoms with Gasteiger partial charge in [0.05, 0.1) is 12.7 Å². The van der Waals surface area contributed by atoms with Crippen molar-refractivity contribution in [2.45, 2.75) is 46.5 Å². The molecule has 0 radical (unpaired) electrons. The van der Waals surface area contributed by atoms with Gasteiger partial charge in [0.1, 0.15) is 5.75 Å². The summed E-state index contributed by atoms with van der Waals surface area (Å²) >= 11 is 0. The number of aryl methyl sites for hydroxylation is 2. The molecule has 1 aliphatic carbocycles. The van der Waals surface area contributed by atoms with Crippen LogP contribution in [-0.2, 0) is 0 Å². The molecule has 2 rings (SSSR count). The fourth-order valence-electron chi connectivity index (χ4n) is 3.06. The maximum absolute atomic E-state index is 12.8. The van der Waals surface area contributed by atoms with Gasteiger partial charge in [0.25, 0.3) is 0 Å². The predicted molar refractivity (Wildman–Crippen MR) is 73.4 cm³/mol. The summed E-state index contributed by atoms with van der Waals surface area (Å²) in [6, 6.07) is 4.02. The molecule has 0 amide bonds. The lowest BCUT2D eigenvalue weighted by atomic mass is 9.79. The second kappa shape index (κ2) is 4.75. The number of hydrogen-bond acceptors (Lipinski definition) is 2. The number of ketones is 1. The van der Waals surface area contributed by atoms with Crippen molar-refractivity contribution in [2.75, 3.05) is 7.11 Å². The Balaban J connectivity index is 2.47. The van der Waals surface area contributed by atoms with Crippen LogP contribution >= 0.6 is 0 Å². The lowest BCUT2D eigenvalue weighted by Gasteiger charge is -2.24. The van der Waals surface area contributed by atoms with E-state index in [0.29, 0.717) is 0 Å². The highest BCUT2D eigenvalue weighted by atomic mass is 16.5. The molecule has 1 aromatic rings. The van der Waals surface area contributed by atoms with Crippen molar-refractivity contribution in [1.29, 1.82) is 0 Å². The summed E-state index contributed by atoms with van der Waals surface area (Å²) in [4.78, 5) is 12.8. The number of carbonyl (C=O) groups excluding carboxylic acids is 1. The van der Waals surface area contributed by atoms with E-state index in [1.807, 2.05) is 19.9 Å². The van der Waals surface area contributed by atoms with Gasteiger partial charge in [0.15, 0.2) is 5.78 Å². The minimum atomic E-state index is -0.187. The first kappa shape index (κ1) is 13.1. The average Bonchev–Trinajstić information content (AvgIpc) is 2.75. The van der Waals surface area contributed by atoms with Crippen molar-refractivity contribution >= 4 is 5.78 Å². The number of hydrogen-bond donors (Lipinski definition) is 0. The van der Waals surface area contributed by atoms with Crippen LogP contribution in [0, 0.1) is 19.3 Å². The fourth-order valence-corrected chi connectivity index (χ4v) is 3.06. The molecule has 0 spiro atoms. The molecule has 0 heterocycles. The zero-order valence-electron chi connectivity index (χ0n) is 11.8. The smallest absolute Gasteiger partial charge is 0.172 e. The SMILES string of the molecule is COc1cc(C)cc(C)c1C(=O)C1(C)CCCC1. The molecule has 1 aliphatic rings. The normalized spacial score (nSPS) is 17.8. The number of benzene rings is 1. The van der Waals surface area contributed by atoms with Crippen molar-refractivity contribution in [3.05, 3.63) is 28.8 Å². The van der Waals surface area contributed by atoms with Gasteiger partial charge in [0.2, 0.25) is 0 Å². The highest BCUT2D eigenvalue weighted by Gasteiger charge is 2.38. The van der Waals surface area contributed by atoms with Gasteiger partial charge in [-0.2, -0.15) is 0 Å². The monoisotopic (exact) mass is 246 g/mol. The highest BCUT2D eigenvalue weighted by Crippen LogP contribution is 2.42. The first-order valence-corrected chi connectivity index (χ1v) is 6.68. The first-order chi connectivity index (χ1) is 8.48. The van der Waals surface area contributed by atoms with Crippen LogP contribution in [0.1, 0.15) is 54.1 Å². The van der Waals surface area contributed by atoms with Crippen LogP contribution < -0.4 is 4.74 Å². The third-order valence-corrected chi connectivity index (χ3v) is 4.15. The van der Waals surface area contributed by atoms with E-state index in [1.54, 1.807) is 7.11 Å². The molecule has 18 heavy (non-hydrogen) atoms. The molecule has 1 saturated carbocycles. The van der Waals surface area contributed by atoms with E-state index < -0.39 is 0 Å². The van der Waals surface area contributed by atoms with Crippen molar-refractivity contribution in [2.24, 2.45) is 5.41 Å². The Kier molecular flexibility index (Phi) is 3.47. The van der Waals surface area contributed by atoms with Gasteiger partial charge in [-0.1, -0.05) is 25.8 Å². The summed E-state index contributed by atoms with van der Waals surface area (Å²) in [5.74, 6) is 0.986. The average molecular weight is 246 g/mol. The summed E-state index contributed by atoms with van der Waals surface area (Å²) in [5.41, 5.74) is 2.77. The minimum Gasteiger partial charge on any atom is -0.496 e. The number of methoxy groups -OCH3 is 1. The molecule has 0 unspecified atom stereocenters. The molecule has 0 atom stereocenters. The highest BCUT2D eigenvalue weighted by molar-refractivity contribution is 6.04. The Hall–Kier alpha value is -1.31. The number of Topliss-reactive ketones (excluding diaryl/α,β-unsaturated/α-hetero) is 1. The molecule has 2 heteroatoms. The molecular formula is C16H22O2. The van der Waals surface area contributed by atoms with Crippen LogP contribution in [0.4, 0.5) is 0 Å². The second-order valence-corrected chi connectivity index (χ2v) is 5.76. The standard InChI is InChI=1S/C16H22O2/c1-11-9-12(2)14(13(10-11)18-4)15(17)16(3)7-5-6-8-16/h9-10H,5-8H2,1-4H3. The van der Waals surface area contributed by atoms with E-state index in [2.05, 4.69) is 13.0 Å². The Morgan fingerprint density at radius 1 is 1.22 bits per heavy atom. The quantitative estimate of drug-likeness (QED) is 0.751. The van der Waals surface area contributed by atoms with Crippen LogP contribution in [0.25, 0.3) is 0 Å². The molecule has 0 bridgehead atoms. The van der Waals surface area contributed by atoms with Gasteiger partial charge in [-0.15, -0.1) is 0 Å². The van der Waals surface area contributed by atoms with Crippen LogP contribution in [0.3, 0.4) is 0 Å². The molecule has 2 nitrogen and oxygen atoms in total. The van der Waals surface area contributed by atoms with Gasteiger partial charge in [-0.25, -0.2) is 0 Å². The molecule has 0 N–H and O–H groups in total. The zero-order valence-corrected chi connectivity index (χ0v) is 11.8. The number of ether oxygens (including phenoxy) is 1. The molecule has 0 aliphatic heterocycles. The topological polar surface area (TPSA) is 26.3 Å². The molecular weight excluding hydrogens is 224 g/mol. The summed E-state index contributed by atoms with van der Waals surface area (Å²) in [6.45, 7) is 6.13. The number of rotatable bonds is 3. The predicted octanol–water partition coefficient (Wildman–Crippen LogP) is 4.08. The molecule has 98 valence electrons. The van der Waals surface area contributed by atoms with Crippen LogP contribution in [0.15, 0.2) is 12.1 Å². The Morgan fingerprint density at radius 3 is 2.39 bits per heavy atom. The third kappa shape index (κ3) is 2.16. The molecule has 0 aromatic heterocycles. The Morgan fingerprint density at radius 2 is 1.83 bits per heavy atom. The largest absolute Gasteiger partial charge is 0.496 e. The second-order valence-electron chi connectivity index (χ2n) is 5.76. The van der Waals surface area contributed by atoms with E-state index in [4.69, 9.17) is 4.74 Å². The van der Waals surface area contributed by atoms with Crippen molar-refractivity contribution < 1.29 is 9.53 Å². The summed E-state index contributed by atoms with van der Waals surface area (Å²) in [6.07, 6.45) is 4.33. The Labute approximate surface area is 109 Å². The van der Waals surface area contributed by atoms with Crippen LogP contribution in [0.2, 0.25) is 0 Å². The van der Waals surface area contributed by atoms with E-state index in [-0.39, 0.29) is 11.2 Å². The van der Waals surface area contributed by atoms with Crippen molar-refractivity contribution in [3.8, 4) is 5.75 Å². The van der Waals surface area contributed by atoms with E-state index >= 15 is 0 Å². The van der Waals surface area contributed by atoms with Crippen molar-refractivity contribution in [1.82, 2.24) is 0 Å². The van der Waals surface area contributed by atoms with E-state index in [0.717, 1.165) is 48.1 Å². The minimum absolute atomic E-state index is 0.187. The lowest BCUT2D eigenvalue weighted by molar-refractivity contribution is 0.0819. The molecule has 1 fully saturated rings. The fraction of sp³-hybridized carbons (Fsp3) is 0.562. The maximum Gasteiger partial charge on any atom is 0.172 e. The van der Waals surface area contributed by atoms with Crippen LogP contribution in [-0.4, -0.2) is 12.9 Å². The number of carbonyl (C=O) groups is 1. The zero-order chi connectivity index (χ0) is 13.3. The van der Waals surface area contributed by atoms with Crippen molar-refractivity contribution in [3.63, 3.8) is 0 Å². The van der Waals surface area contributed by atoms with Gasteiger partial charge < -0.3 is 4.74 Å². The van der Waals surface area contributed by atoms with E-state index in [9.17, 15) is 4.79 Å². The van der Waals surface area contributed by atoms with E-state index in [1.165, 1.54) is 0 Å². The van der Waals surface area contributed by atoms with Gasteiger partial charge in [-0.3, -0.25) is 4.79 Å². The summed E-state index contributed by atoms with van der Waals surface area (Å²) in [5, 5.41) is 0. The Bertz CT molecular complexity index is 468. The third-order valence-electron chi connectivity index (χ3n) is 4.15. The maximum atomic E-state index is 12.8. The van der Waals surface area contributed by atoms with Gasteiger partial charge >= 0.3 is 0 Å². The first-order valence-electron chi connectivity index (χ1n) is 6.68. The molecule has 0 saturated heterocycles. The summed E-state index contributed by atoms with van der Waals surface area (Å²) in [7, 11) is 1.64. The van der Waals surface area contributed by atoms with Gasteiger partial charge in [0, 0.05) is 5.41 Å². The van der Waals surface area contributed by atoms with Gasteiger partial charge in [-0.05, 0) is 43.9 Å². The molecule has 1 aromatic carbocycles. The summed E-state index contributed by atoms with van der Waals surface area (Å²) < 4.78 is 5.41. The lowest BCUT2D eigenvalue weighted by Crippen LogP contribution is -2.25.